The molecule has 2 heterocycles. The molecule has 1 aromatic carbocycles. The van der Waals surface area contributed by atoms with Crippen LogP contribution >= 0.6 is 0 Å². The predicted octanol–water partition coefficient (Wildman–Crippen LogP) is 0.289. The number of ketones is 3. The van der Waals surface area contributed by atoms with Crippen molar-refractivity contribution in [3.63, 3.8) is 0 Å². The molecule has 188 valence electrons. The summed E-state index contributed by atoms with van der Waals surface area (Å²) in [5.74, 6) is -3.53. The van der Waals surface area contributed by atoms with Crippen molar-refractivity contribution >= 4 is 29.2 Å². The van der Waals surface area contributed by atoms with Gasteiger partial charge >= 0.3 is 0 Å². The molecule has 13 nitrogen and oxygen atoms in total. The Hall–Kier alpha value is -4.68. The number of Topliss-reactive ketones (excluding diaryl/α,β-unsaturated/α-hetero) is 2. The van der Waals surface area contributed by atoms with Gasteiger partial charge in [0.25, 0.3) is 5.91 Å². The van der Waals surface area contributed by atoms with Crippen LogP contribution in [0.25, 0.3) is 0 Å². The molecular weight excluding hydrogens is 472 g/mol. The third kappa shape index (κ3) is 3.56. The van der Waals surface area contributed by atoms with E-state index in [1.807, 2.05) is 0 Å². The van der Waals surface area contributed by atoms with Crippen LogP contribution in [-0.4, -0.2) is 61.7 Å². The molecule has 0 spiro atoms. The van der Waals surface area contributed by atoms with Gasteiger partial charge in [-0.05, 0) is 27.7 Å². The number of anilines is 1. The number of H-pyrrole nitrogens is 1. The SMILES string of the molecule is CC(=O)c1c(O)c(C)c(O)c2c1OC1=CC(=O)/C(=C(/C)NCCNC(=O)c3nc(N)n[nH]3)C(=O)[C@@]12C. The van der Waals surface area contributed by atoms with Crippen LogP contribution < -0.4 is 21.1 Å². The molecule has 0 saturated heterocycles. The van der Waals surface area contributed by atoms with E-state index in [0.29, 0.717) is 0 Å². The fourth-order valence-corrected chi connectivity index (χ4v) is 4.34. The molecule has 2 aromatic rings. The summed E-state index contributed by atoms with van der Waals surface area (Å²) in [6.07, 6.45) is 1.13. The molecule has 13 heteroatoms. The zero-order chi connectivity index (χ0) is 26.5. The number of hydrogen-bond donors (Lipinski definition) is 6. The highest BCUT2D eigenvalue weighted by Crippen LogP contribution is 2.57. The van der Waals surface area contributed by atoms with E-state index in [9.17, 15) is 29.4 Å². The number of benzene rings is 1. The van der Waals surface area contributed by atoms with E-state index < -0.39 is 40.2 Å². The number of ether oxygens (including phenoxy) is 1. The Morgan fingerprint density at radius 2 is 1.83 bits per heavy atom. The molecule has 4 rings (SSSR count). The fourth-order valence-electron chi connectivity index (χ4n) is 4.34. The van der Waals surface area contributed by atoms with E-state index in [4.69, 9.17) is 10.5 Å². The minimum absolute atomic E-state index is 0.00986. The van der Waals surface area contributed by atoms with Crippen molar-refractivity contribution in [2.75, 3.05) is 18.8 Å². The number of aromatic nitrogens is 3. The summed E-state index contributed by atoms with van der Waals surface area (Å²) in [5.41, 5.74) is 3.69. The van der Waals surface area contributed by atoms with Crippen molar-refractivity contribution in [2.24, 2.45) is 0 Å². The second kappa shape index (κ2) is 8.52. The van der Waals surface area contributed by atoms with Gasteiger partial charge in [0.1, 0.15) is 34.0 Å². The van der Waals surface area contributed by atoms with Gasteiger partial charge in [-0.25, -0.2) is 0 Å². The minimum Gasteiger partial charge on any atom is -0.507 e. The minimum atomic E-state index is -1.60. The molecule has 36 heavy (non-hydrogen) atoms. The van der Waals surface area contributed by atoms with E-state index in [1.54, 1.807) is 0 Å². The number of nitrogens with two attached hydrogens (primary N) is 1. The average Bonchev–Trinajstić information content (AvgIpc) is 3.36. The first-order chi connectivity index (χ1) is 16.9. The monoisotopic (exact) mass is 496 g/mol. The zero-order valence-corrected chi connectivity index (χ0v) is 19.9. The number of nitrogens with one attached hydrogen (secondary N) is 3. The number of carbonyl (C=O) groups excluding carboxylic acids is 4. The molecule has 1 aliphatic carbocycles. The highest BCUT2D eigenvalue weighted by atomic mass is 16.5. The number of nitrogens with zero attached hydrogens (tertiary/aromatic N) is 2. The molecule has 0 radical (unpaired) electrons. The fraction of sp³-hybridized carbons (Fsp3) is 0.304. The van der Waals surface area contributed by atoms with Crippen molar-refractivity contribution in [3.05, 3.63) is 45.6 Å². The summed E-state index contributed by atoms with van der Waals surface area (Å²) < 4.78 is 5.73. The van der Waals surface area contributed by atoms with Crippen LogP contribution in [-0.2, 0) is 15.0 Å². The zero-order valence-electron chi connectivity index (χ0n) is 19.9. The molecular formula is C23H24N6O7. The van der Waals surface area contributed by atoms with Gasteiger partial charge in [-0.15, -0.1) is 5.10 Å². The maximum Gasteiger partial charge on any atom is 0.288 e. The maximum absolute atomic E-state index is 13.7. The van der Waals surface area contributed by atoms with Crippen molar-refractivity contribution in [1.29, 1.82) is 0 Å². The Balaban J connectivity index is 1.62. The van der Waals surface area contributed by atoms with Crippen molar-refractivity contribution in [2.45, 2.75) is 33.1 Å². The van der Waals surface area contributed by atoms with Gasteiger partial charge in [0.2, 0.25) is 11.8 Å². The van der Waals surface area contributed by atoms with Crippen LogP contribution in [0, 0.1) is 6.92 Å². The standard InChI is InChI=1S/C23H24N6O7/c1-8-16(32)14(10(3)30)18-15(17(8)33)23(4)12(36-18)7-11(31)13(19(23)34)9(2)25-5-6-26-21(35)20-27-22(24)29-28-20/h7,25,32-33H,5-6H2,1-4H3,(H,26,35)(H3,24,27,28,29)/b13-9+/t23-/m0/s1. The van der Waals surface area contributed by atoms with E-state index in [0.717, 1.165) is 6.08 Å². The number of fused-ring (bicyclic) bond motifs is 3. The number of nitrogen functional groups attached to an aromatic ring is 1. The topological polar surface area (TPSA) is 210 Å². The Morgan fingerprint density at radius 1 is 1.17 bits per heavy atom. The lowest BCUT2D eigenvalue weighted by Gasteiger charge is -2.29. The normalized spacial score (nSPS) is 19.7. The molecule has 7 N–H and O–H groups in total. The molecule has 0 saturated carbocycles. The number of hydrogen-bond acceptors (Lipinski definition) is 11. The van der Waals surface area contributed by atoms with Crippen LogP contribution in [0.5, 0.6) is 17.2 Å². The second-order valence-electron chi connectivity index (χ2n) is 8.61. The Morgan fingerprint density at radius 3 is 2.44 bits per heavy atom. The van der Waals surface area contributed by atoms with Gasteiger partial charge in [0.05, 0.1) is 11.1 Å². The Kier molecular flexibility index (Phi) is 5.78. The first-order valence-electron chi connectivity index (χ1n) is 10.9. The number of phenols is 2. The first kappa shape index (κ1) is 24.4. The molecule has 0 bridgehead atoms. The van der Waals surface area contributed by atoms with Crippen molar-refractivity contribution in [3.8, 4) is 17.2 Å². The summed E-state index contributed by atoms with van der Waals surface area (Å²) >= 11 is 0. The highest BCUT2D eigenvalue weighted by molar-refractivity contribution is 6.31. The van der Waals surface area contributed by atoms with Crippen LogP contribution in [0.3, 0.4) is 0 Å². The summed E-state index contributed by atoms with van der Waals surface area (Å²) in [4.78, 5) is 54.6. The van der Waals surface area contributed by atoms with E-state index in [1.165, 1.54) is 27.7 Å². The predicted molar refractivity (Wildman–Crippen MR) is 124 cm³/mol. The Bertz CT molecular complexity index is 1420. The number of amides is 1. The molecule has 2 aliphatic rings. The van der Waals surface area contributed by atoms with Crippen LogP contribution in [0.2, 0.25) is 0 Å². The summed E-state index contributed by atoms with van der Waals surface area (Å²) in [6, 6.07) is 0. The molecule has 0 unspecified atom stereocenters. The number of rotatable bonds is 6. The number of allylic oxidation sites excluding steroid dienone is 4. The third-order valence-electron chi connectivity index (χ3n) is 6.28. The summed E-state index contributed by atoms with van der Waals surface area (Å²) in [6.45, 7) is 5.93. The lowest BCUT2D eigenvalue weighted by Crippen LogP contribution is -2.41. The van der Waals surface area contributed by atoms with E-state index >= 15 is 0 Å². The molecule has 1 aromatic heterocycles. The lowest BCUT2D eigenvalue weighted by atomic mass is 9.70. The highest BCUT2D eigenvalue weighted by Gasteiger charge is 2.56. The number of aromatic amines is 1. The van der Waals surface area contributed by atoms with Gasteiger partial charge in [-0.1, -0.05) is 0 Å². The second-order valence-corrected chi connectivity index (χ2v) is 8.61. The van der Waals surface area contributed by atoms with Gasteiger partial charge < -0.3 is 31.3 Å². The molecule has 0 fully saturated rings. The van der Waals surface area contributed by atoms with Gasteiger partial charge in [-0.2, -0.15) is 4.98 Å². The Labute approximate surface area is 204 Å². The van der Waals surface area contributed by atoms with E-state index in [-0.39, 0.29) is 64.3 Å². The van der Waals surface area contributed by atoms with Crippen molar-refractivity contribution in [1.82, 2.24) is 25.8 Å². The maximum atomic E-state index is 13.7. The number of carbonyl (C=O) groups is 4. The first-order valence-corrected chi connectivity index (χ1v) is 10.9. The number of aromatic hydroxyl groups is 2. The van der Waals surface area contributed by atoms with E-state index in [2.05, 4.69) is 25.8 Å². The van der Waals surface area contributed by atoms with Crippen LogP contribution in [0.15, 0.2) is 23.1 Å². The van der Waals surface area contributed by atoms with Crippen LogP contribution in [0.1, 0.15) is 52.9 Å². The lowest BCUT2D eigenvalue weighted by molar-refractivity contribution is -0.123. The van der Waals surface area contributed by atoms with Gasteiger partial charge in [-0.3, -0.25) is 24.3 Å². The summed E-state index contributed by atoms with van der Waals surface area (Å²) in [5, 5.41) is 32.7. The molecule has 1 aliphatic heterocycles. The third-order valence-corrected chi connectivity index (χ3v) is 6.28. The van der Waals surface area contributed by atoms with Crippen molar-refractivity contribution < 1.29 is 34.1 Å². The average molecular weight is 496 g/mol. The van der Waals surface area contributed by atoms with Gasteiger partial charge in [0, 0.05) is 30.4 Å². The largest absolute Gasteiger partial charge is 0.507 e. The molecule has 1 atom stereocenters. The number of phenolic OH excluding ortho intramolecular Hbond substituents is 2. The van der Waals surface area contributed by atoms with Crippen LogP contribution in [0.4, 0.5) is 5.95 Å². The summed E-state index contributed by atoms with van der Waals surface area (Å²) in [7, 11) is 0. The molecule has 1 amide bonds. The van der Waals surface area contributed by atoms with Gasteiger partial charge in [0.15, 0.2) is 17.3 Å². The quantitative estimate of drug-likeness (QED) is 0.138. The smallest absolute Gasteiger partial charge is 0.288 e.